The van der Waals surface area contributed by atoms with Crippen LogP contribution in [0.5, 0.6) is 0 Å². The molecule has 9 heteroatoms. The summed E-state index contributed by atoms with van der Waals surface area (Å²) in [6, 6.07) is 12.8. The Morgan fingerprint density at radius 1 is 1.09 bits per heavy atom. The average Bonchev–Trinajstić information content (AvgIpc) is 3.44. The lowest BCUT2D eigenvalue weighted by atomic mass is 10.1. The van der Waals surface area contributed by atoms with Crippen LogP contribution >= 0.6 is 11.6 Å². The van der Waals surface area contributed by atoms with Gasteiger partial charge >= 0.3 is 0 Å². The number of amides is 2. The molecule has 1 saturated heterocycles. The van der Waals surface area contributed by atoms with Gasteiger partial charge in [-0.05, 0) is 51.1 Å². The van der Waals surface area contributed by atoms with Crippen molar-refractivity contribution >= 4 is 34.4 Å². The molecule has 34 heavy (non-hydrogen) atoms. The van der Waals surface area contributed by atoms with E-state index in [9.17, 15) is 9.59 Å². The van der Waals surface area contributed by atoms with E-state index in [-0.39, 0.29) is 23.7 Å². The van der Waals surface area contributed by atoms with Gasteiger partial charge in [0.05, 0.1) is 5.69 Å². The van der Waals surface area contributed by atoms with Gasteiger partial charge in [0.25, 0.3) is 11.8 Å². The first-order valence-corrected chi connectivity index (χ1v) is 11.5. The van der Waals surface area contributed by atoms with E-state index in [1.807, 2.05) is 51.1 Å². The molecule has 8 nitrogen and oxygen atoms in total. The standard InChI is InChI=1S/C25H24ClN5O3/c1-15-7-8-21-20(11-15)17(3)22(34-21)24(32)29-9-10-30(16(2)13-29)25(33)23-27-14-31(28-23)19-6-4-5-18(26)12-19/h4-8,11-12,14,16H,9-10,13H2,1-3H3. The monoisotopic (exact) mass is 477 g/mol. The number of furan rings is 1. The van der Waals surface area contributed by atoms with E-state index in [2.05, 4.69) is 10.1 Å². The topological polar surface area (TPSA) is 84.5 Å². The molecule has 0 aliphatic carbocycles. The quantitative estimate of drug-likeness (QED) is 0.440. The van der Waals surface area contributed by atoms with E-state index < -0.39 is 0 Å². The van der Waals surface area contributed by atoms with Crippen LogP contribution in [0.25, 0.3) is 16.7 Å². The fourth-order valence-corrected chi connectivity index (χ4v) is 4.54. The summed E-state index contributed by atoms with van der Waals surface area (Å²) in [5.74, 6) is 0.0361. The summed E-state index contributed by atoms with van der Waals surface area (Å²) in [6.07, 6.45) is 1.50. The number of benzene rings is 2. The highest BCUT2D eigenvalue weighted by Crippen LogP contribution is 2.28. The number of carbonyl (C=O) groups is 2. The lowest BCUT2D eigenvalue weighted by Gasteiger charge is -2.39. The largest absolute Gasteiger partial charge is 0.451 e. The summed E-state index contributed by atoms with van der Waals surface area (Å²) in [7, 11) is 0. The van der Waals surface area contributed by atoms with E-state index in [1.54, 1.807) is 21.9 Å². The summed E-state index contributed by atoms with van der Waals surface area (Å²) in [6.45, 7) is 7.02. The van der Waals surface area contributed by atoms with Gasteiger partial charge < -0.3 is 14.2 Å². The molecule has 2 aromatic carbocycles. The number of carbonyl (C=O) groups excluding carboxylic acids is 2. The summed E-state index contributed by atoms with van der Waals surface area (Å²) in [4.78, 5) is 34.0. The Labute approximate surface area is 201 Å². The van der Waals surface area contributed by atoms with Gasteiger partial charge in [0.1, 0.15) is 11.9 Å². The van der Waals surface area contributed by atoms with Crippen LogP contribution in [-0.2, 0) is 0 Å². The minimum Gasteiger partial charge on any atom is -0.451 e. The Balaban J connectivity index is 1.30. The third kappa shape index (κ3) is 3.94. The SMILES string of the molecule is Cc1ccc2oc(C(=O)N3CCN(C(=O)c4ncn(-c5cccc(Cl)c5)n4)C(C)C3)c(C)c2c1. The van der Waals surface area contributed by atoms with Gasteiger partial charge in [-0.25, -0.2) is 9.67 Å². The predicted molar refractivity (Wildman–Crippen MR) is 128 cm³/mol. The van der Waals surface area contributed by atoms with Gasteiger partial charge in [0, 0.05) is 41.6 Å². The number of hydrogen-bond acceptors (Lipinski definition) is 5. The first-order valence-electron chi connectivity index (χ1n) is 11.1. The van der Waals surface area contributed by atoms with E-state index in [0.717, 1.165) is 22.2 Å². The highest BCUT2D eigenvalue weighted by molar-refractivity contribution is 6.30. The van der Waals surface area contributed by atoms with Crippen molar-refractivity contribution in [3.63, 3.8) is 0 Å². The van der Waals surface area contributed by atoms with Crippen LogP contribution in [0.4, 0.5) is 0 Å². The zero-order chi connectivity index (χ0) is 24.0. The van der Waals surface area contributed by atoms with Crippen LogP contribution in [-0.4, -0.2) is 62.1 Å². The number of hydrogen-bond donors (Lipinski definition) is 0. The van der Waals surface area contributed by atoms with Crippen LogP contribution in [0.2, 0.25) is 5.02 Å². The smallest absolute Gasteiger partial charge is 0.293 e. The van der Waals surface area contributed by atoms with Crippen molar-refractivity contribution in [2.24, 2.45) is 0 Å². The predicted octanol–water partition coefficient (Wildman–Crippen LogP) is 4.27. The molecular weight excluding hydrogens is 454 g/mol. The molecule has 2 aromatic heterocycles. The van der Waals surface area contributed by atoms with Crippen molar-refractivity contribution in [1.29, 1.82) is 0 Å². The molecule has 1 unspecified atom stereocenters. The molecular formula is C25H24ClN5O3. The normalized spacial score (nSPS) is 16.3. The highest BCUT2D eigenvalue weighted by Gasteiger charge is 2.34. The van der Waals surface area contributed by atoms with Crippen molar-refractivity contribution in [3.05, 3.63) is 76.5 Å². The average molecular weight is 478 g/mol. The van der Waals surface area contributed by atoms with Crippen LogP contribution in [0, 0.1) is 13.8 Å². The van der Waals surface area contributed by atoms with Gasteiger partial charge in [-0.2, -0.15) is 0 Å². The Bertz CT molecular complexity index is 1410. The number of piperazine rings is 1. The van der Waals surface area contributed by atoms with Gasteiger partial charge in [-0.1, -0.05) is 29.3 Å². The Kier molecular flexibility index (Phi) is 5.61. The lowest BCUT2D eigenvalue weighted by Crippen LogP contribution is -2.55. The zero-order valence-electron chi connectivity index (χ0n) is 19.2. The van der Waals surface area contributed by atoms with Crippen LogP contribution in [0.1, 0.15) is 39.2 Å². The minimum atomic E-state index is -0.268. The Morgan fingerprint density at radius 3 is 2.68 bits per heavy atom. The van der Waals surface area contributed by atoms with Crippen LogP contribution in [0.3, 0.4) is 0 Å². The molecule has 1 aliphatic rings. The molecule has 1 aliphatic heterocycles. The molecule has 0 N–H and O–H groups in total. The fraction of sp³-hybridized carbons (Fsp3) is 0.280. The van der Waals surface area contributed by atoms with Crippen molar-refractivity contribution in [3.8, 4) is 5.69 Å². The molecule has 4 aromatic rings. The molecule has 3 heterocycles. The maximum Gasteiger partial charge on any atom is 0.293 e. The van der Waals surface area contributed by atoms with Gasteiger partial charge in [-0.3, -0.25) is 9.59 Å². The van der Waals surface area contributed by atoms with Crippen molar-refractivity contribution < 1.29 is 14.0 Å². The molecule has 5 rings (SSSR count). The number of nitrogens with zero attached hydrogens (tertiary/aromatic N) is 5. The van der Waals surface area contributed by atoms with Gasteiger partial charge in [-0.15, -0.1) is 5.10 Å². The van der Waals surface area contributed by atoms with E-state index in [1.165, 1.54) is 11.0 Å². The van der Waals surface area contributed by atoms with Gasteiger partial charge in [0.15, 0.2) is 5.76 Å². The van der Waals surface area contributed by atoms with Crippen LogP contribution < -0.4 is 0 Å². The first-order chi connectivity index (χ1) is 16.3. The van der Waals surface area contributed by atoms with E-state index in [0.29, 0.717) is 36.0 Å². The van der Waals surface area contributed by atoms with Crippen molar-refractivity contribution in [2.45, 2.75) is 26.8 Å². The fourth-order valence-electron chi connectivity index (χ4n) is 4.36. The van der Waals surface area contributed by atoms with E-state index in [4.69, 9.17) is 16.0 Å². The molecule has 1 fully saturated rings. The number of rotatable bonds is 3. The number of aryl methyl sites for hydroxylation is 2. The Morgan fingerprint density at radius 2 is 1.91 bits per heavy atom. The number of halogens is 1. The molecule has 0 spiro atoms. The molecule has 1 atom stereocenters. The Hall–Kier alpha value is -3.65. The summed E-state index contributed by atoms with van der Waals surface area (Å²) in [5.41, 5.74) is 3.38. The molecule has 0 bridgehead atoms. The molecule has 0 radical (unpaired) electrons. The minimum absolute atomic E-state index is 0.107. The number of aromatic nitrogens is 3. The summed E-state index contributed by atoms with van der Waals surface area (Å²) < 4.78 is 7.42. The van der Waals surface area contributed by atoms with Crippen molar-refractivity contribution in [2.75, 3.05) is 19.6 Å². The second-order valence-corrected chi connectivity index (χ2v) is 9.08. The molecule has 174 valence electrons. The summed E-state index contributed by atoms with van der Waals surface area (Å²) >= 11 is 6.05. The molecule has 0 saturated carbocycles. The third-order valence-corrected chi connectivity index (χ3v) is 6.45. The molecule has 2 amide bonds. The maximum absolute atomic E-state index is 13.2. The summed E-state index contributed by atoms with van der Waals surface area (Å²) in [5, 5.41) is 5.86. The second-order valence-electron chi connectivity index (χ2n) is 8.65. The van der Waals surface area contributed by atoms with E-state index >= 15 is 0 Å². The van der Waals surface area contributed by atoms with Crippen molar-refractivity contribution in [1.82, 2.24) is 24.6 Å². The lowest BCUT2D eigenvalue weighted by molar-refractivity contribution is 0.0393. The number of fused-ring (bicyclic) bond motifs is 1. The zero-order valence-corrected chi connectivity index (χ0v) is 19.9. The second kappa shape index (κ2) is 8.61. The third-order valence-electron chi connectivity index (χ3n) is 6.22. The maximum atomic E-state index is 13.2. The first kappa shape index (κ1) is 22.2. The van der Waals surface area contributed by atoms with Crippen LogP contribution in [0.15, 0.2) is 53.2 Å². The van der Waals surface area contributed by atoms with Gasteiger partial charge in [0.2, 0.25) is 5.82 Å². The highest BCUT2D eigenvalue weighted by atomic mass is 35.5.